The van der Waals surface area contributed by atoms with E-state index in [1.54, 1.807) is 0 Å². The second kappa shape index (κ2) is 7.67. The second-order valence-corrected chi connectivity index (χ2v) is 6.08. The van der Waals surface area contributed by atoms with Crippen molar-refractivity contribution in [3.05, 3.63) is 11.3 Å². The van der Waals surface area contributed by atoms with E-state index in [2.05, 4.69) is 63.9 Å². The van der Waals surface area contributed by atoms with Crippen molar-refractivity contribution in [1.82, 2.24) is 15.1 Å². The molecule has 1 N–H and O–H groups in total. The minimum absolute atomic E-state index is 0.540. The highest BCUT2D eigenvalue weighted by atomic mass is 15.4. The molecule has 1 heterocycles. The van der Waals surface area contributed by atoms with Gasteiger partial charge in [-0.15, -0.1) is 0 Å². The van der Waals surface area contributed by atoms with E-state index < -0.39 is 0 Å². The molecule has 1 unspecified atom stereocenters. The lowest BCUT2D eigenvalue weighted by Crippen LogP contribution is -2.35. The van der Waals surface area contributed by atoms with Gasteiger partial charge >= 0.3 is 0 Å². The molecule has 0 saturated carbocycles. The Kier molecular flexibility index (Phi) is 6.53. The number of nitrogens with zero attached hydrogens (tertiary/aromatic N) is 3. The largest absolute Gasteiger partial charge is 0.354 e. The van der Waals surface area contributed by atoms with Crippen LogP contribution < -0.4 is 10.2 Å². The van der Waals surface area contributed by atoms with Crippen LogP contribution in [0.25, 0.3) is 0 Å². The summed E-state index contributed by atoms with van der Waals surface area (Å²) >= 11 is 0. The average Bonchev–Trinajstić information content (AvgIpc) is 2.66. The van der Waals surface area contributed by atoms with Gasteiger partial charge in [0.1, 0.15) is 5.82 Å². The molecule has 0 saturated heterocycles. The third-order valence-electron chi connectivity index (χ3n) is 3.90. The Morgan fingerprint density at radius 3 is 2.40 bits per heavy atom. The molecular formula is C16H32N4. The van der Waals surface area contributed by atoms with Crippen LogP contribution in [-0.2, 0) is 13.6 Å². The topological polar surface area (TPSA) is 33.1 Å². The Morgan fingerprint density at radius 2 is 1.90 bits per heavy atom. The van der Waals surface area contributed by atoms with Gasteiger partial charge in [0.05, 0.1) is 5.69 Å². The first-order chi connectivity index (χ1) is 9.42. The van der Waals surface area contributed by atoms with Gasteiger partial charge in [-0.25, -0.2) is 0 Å². The highest BCUT2D eigenvalue weighted by Crippen LogP contribution is 2.25. The third-order valence-corrected chi connectivity index (χ3v) is 3.90. The molecule has 0 amide bonds. The molecule has 0 bridgehead atoms. The molecule has 0 spiro atoms. The Hall–Kier alpha value is -1.03. The molecule has 0 aliphatic rings. The summed E-state index contributed by atoms with van der Waals surface area (Å²) in [6.45, 7) is 16.3. The van der Waals surface area contributed by atoms with Crippen LogP contribution in [0.15, 0.2) is 0 Å². The first kappa shape index (κ1) is 17.0. The molecule has 1 rings (SSSR count). The molecule has 0 aromatic carbocycles. The minimum Gasteiger partial charge on any atom is -0.354 e. The van der Waals surface area contributed by atoms with Crippen LogP contribution in [0.2, 0.25) is 0 Å². The maximum Gasteiger partial charge on any atom is 0.131 e. The number of nitrogens with one attached hydrogen (secondary N) is 1. The number of hydrogen-bond acceptors (Lipinski definition) is 3. The monoisotopic (exact) mass is 280 g/mol. The molecular weight excluding hydrogens is 248 g/mol. The van der Waals surface area contributed by atoms with Crippen molar-refractivity contribution < 1.29 is 0 Å². The van der Waals surface area contributed by atoms with Gasteiger partial charge in [-0.1, -0.05) is 20.8 Å². The van der Waals surface area contributed by atoms with Crippen LogP contribution in [0.4, 0.5) is 5.82 Å². The number of hydrogen-bond donors (Lipinski definition) is 1. The lowest BCUT2D eigenvalue weighted by Gasteiger charge is -2.30. The summed E-state index contributed by atoms with van der Waals surface area (Å²) in [5.74, 6) is 1.95. The quantitative estimate of drug-likeness (QED) is 0.794. The van der Waals surface area contributed by atoms with E-state index in [0.717, 1.165) is 31.7 Å². The summed E-state index contributed by atoms with van der Waals surface area (Å²) in [5.41, 5.74) is 2.48. The maximum atomic E-state index is 4.63. The molecule has 1 atom stereocenters. The van der Waals surface area contributed by atoms with Gasteiger partial charge in [-0.2, -0.15) is 5.10 Å². The molecule has 4 heteroatoms. The second-order valence-electron chi connectivity index (χ2n) is 6.08. The predicted octanol–water partition coefficient (Wildman–Crippen LogP) is 3.10. The number of aromatic nitrogens is 2. The lowest BCUT2D eigenvalue weighted by atomic mass is 10.1. The van der Waals surface area contributed by atoms with Gasteiger partial charge in [0.2, 0.25) is 0 Å². The molecule has 1 aromatic heterocycles. The third kappa shape index (κ3) is 3.98. The minimum atomic E-state index is 0.540. The van der Waals surface area contributed by atoms with Gasteiger partial charge in [-0.3, -0.25) is 4.68 Å². The fourth-order valence-corrected chi connectivity index (χ4v) is 2.63. The van der Waals surface area contributed by atoms with Gasteiger partial charge in [0.15, 0.2) is 0 Å². The average molecular weight is 280 g/mol. The van der Waals surface area contributed by atoms with Crippen molar-refractivity contribution in [3.63, 3.8) is 0 Å². The van der Waals surface area contributed by atoms with Crippen LogP contribution >= 0.6 is 0 Å². The zero-order valence-electron chi connectivity index (χ0n) is 14.3. The van der Waals surface area contributed by atoms with Crippen molar-refractivity contribution in [3.8, 4) is 0 Å². The van der Waals surface area contributed by atoms with E-state index in [4.69, 9.17) is 0 Å². The first-order valence-electron chi connectivity index (χ1n) is 7.92. The van der Waals surface area contributed by atoms with E-state index in [1.165, 1.54) is 11.4 Å². The molecule has 0 aliphatic carbocycles. The smallest absolute Gasteiger partial charge is 0.131 e. The normalized spacial score (nSPS) is 13.0. The number of aryl methyl sites for hydroxylation is 2. The van der Waals surface area contributed by atoms with Crippen molar-refractivity contribution in [2.75, 3.05) is 18.0 Å². The molecule has 4 nitrogen and oxygen atoms in total. The molecule has 0 radical (unpaired) electrons. The molecule has 1 aromatic rings. The van der Waals surface area contributed by atoms with Gasteiger partial charge < -0.3 is 10.2 Å². The Morgan fingerprint density at radius 1 is 1.25 bits per heavy atom. The zero-order valence-corrected chi connectivity index (χ0v) is 14.3. The predicted molar refractivity (Wildman–Crippen MR) is 87.3 cm³/mol. The molecule has 116 valence electrons. The van der Waals surface area contributed by atoms with Crippen molar-refractivity contribution in [2.24, 2.45) is 13.0 Å². The molecule has 0 aliphatic heterocycles. The van der Waals surface area contributed by atoms with Crippen LogP contribution in [-0.4, -0.2) is 28.9 Å². The molecule has 20 heavy (non-hydrogen) atoms. The summed E-state index contributed by atoms with van der Waals surface area (Å²) in [6.07, 6.45) is 1.15. The van der Waals surface area contributed by atoms with E-state index in [1.807, 2.05) is 4.68 Å². The number of anilines is 1. The van der Waals surface area contributed by atoms with Crippen LogP contribution in [0, 0.1) is 12.8 Å². The maximum absolute atomic E-state index is 4.63. The van der Waals surface area contributed by atoms with Crippen LogP contribution in [0.1, 0.15) is 52.3 Å². The number of rotatable bonds is 8. The summed E-state index contributed by atoms with van der Waals surface area (Å²) in [6, 6.07) is 0.540. The lowest BCUT2D eigenvalue weighted by molar-refractivity contribution is 0.548. The highest BCUT2D eigenvalue weighted by Gasteiger charge is 2.21. The first-order valence-corrected chi connectivity index (χ1v) is 7.92. The Balaban J connectivity index is 2.99. The highest BCUT2D eigenvalue weighted by molar-refractivity contribution is 5.50. The zero-order chi connectivity index (χ0) is 15.3. The van der Waals surface area contributed by atoms with Gasteiger partial charge in [-0.05, 0) is 39.7 Å². The summed E-state index contributed by atoms with van der Waals surface area (Å²) < 4.78 is 2.04. The fraction of sp³-hybridized carbons (Fsp3) is 0.812. The Bertz CT molecular complexity index is 409. The van der Waals surface area contributed by atoms with Crippen LogP contribution in [0.5, 0.6) is 0 Å². The molecule has 0 fully saturated rings. The summed E-state index contributed by atoms with van der Waals surface area (Å²) in [4.78, 5) is 2.46. The Labute approximate surface area is 124 Å². The SMILES string of the molecule is CCC(C)N(CC)c1c(CNCC(C)C)c(C)nn1C. The van der Waals surface area contributed by atoms with Gasteiger partial charge in [0, 0.05) is 31.7 Å². The van der Waals surface area contributed by atoms with Crippen molar-refractivity contribution >= 4 is 5.82 Å². The standard InChI is InChI=1S/C16H32N4/c1-8-13(5)20(9-2)16-15(11-17-10-12(3)4)14(6)18-19(16)7/h12-13,17H,8-11H2,1-7H3. The van der Waals surface area contributed by atoms with E-state index in [-0.39, 0.29) is 0 Å². The van der Waals surface area contributed by atoms with E-state index in [9.17, 15) is 0 Å². The van der Waals surface area contributed by atoms with Crippen molar-refractivity contribution in [2.45, 2.75) is 60.5 Å². The fourth-order valence-electron chi connectivity index (χ4n) is 2.63. The summed E-state index contributed by atoms with van der Waals surface area (Å²) in [7, 11) is 2.05. The van der Waals surface area contributed by atoms with Crippen LogP contribution in [0.3, 0.4) is 0 Å². The van der Waals surface area contributed by atoms with Crippen molar-refractivity contribution in [1.29, 1.82) is 0 Å². The summed E-state index contributed by atoms with van der Waals surface area (Å²) in [5, 5.41) is 8.18. The van der Waals surface area contributed by atoms with E-state index >= 15 is 0 Å². The van der Waals surface area contributed by atoms with Gasteiger partial charge in [0.25, 0.3) is 0 Å². The van der Waals surface area contributed by atoms with E-state index in [0.29, 0.717) is 12.0 Å².